The first-order chi connectivity index (χ1) is 10.6. The monoisotopic (exact) mass is 302 g/mol. The van der Waals surface area contributed by atoms with Crippen molar-refractivity contribution in [3.8, 4) is 11.5 Å². The first kappa shape index (κ1) is 15.5. The van der Waals surface area contributed by atoms with Crippen molar-refractivity contribution < 1.29 is 18.7 Å². The predicted molar refractivity (Wildman–Crippen MR) is 81.3 cm³/mol. The van der Waals surface area contributed by atoms with Crippen LogP contribution in [0.15, 0.2) is 47.5 Å². The minimum atomic E-state index is -0.577. The summed E-state index contributed by atoms with van der Waals surface area (Å²) in [7, 11) is 1.48. The highest BCUT2D eigenvalue weighted by Gasteiger charge is 2.06. The first-order valence-corrected chi connectivity index (χ1v) is 6.48. The number of rotatable bonds is 6. The number of hydrogen-bond acceptors (Lipinski definition) is 4. The number of halogens is 1. The van der Waals surface area contributed by atoms with Crippen molar-refractivity contribution in [2.75, 3.05) is 13.7 Å². The third kappa shape index (κ3) is 4.05. The molecule has 0 heterocycles. The molecule has 2 rings (SSSR count). The van der Waals surface area contributed by atoms with E-state index in [1.807, 2.05) is 0 Å². The van der Waals surface area contributed by atoms with Crippen LogP contribution >= 0.6 is 0 Å². The SMILES string of the molecule is COc1cc(C=Nc2ccccc2F)ccc1OCC(N)=O. The minimum absolute atomic E-state index is 0.237. The van der Waals surface area contributed by atoms with Gasteiger partial charge >= 0.3 is 0 Å². The van der Waals surface area contributed by atoms with E-state index in [0.29, 0.717) is 17.1 Å². The van der Waals surface area contributed by atoms with E-state index < -0.39 is 11.7 Å². The Hall–Kier alpha value is -2.89. The van der Waals surface area contributed by atoms with Crippen LogP contribution in [0.3, 0.4) is 0 Å². The summed E-state index contributed by atoms with van der Waals surface area (Å²) in [5, 5.41) is 0. The number of hydrogen-bond donors (Lipinski definition) is 1. The van der Waals surface area contributed by atoms with Gasteiger partial charge in [-0.25, -0.2) is 4.39 Å². The first-order valence-electron chi connectivity index (χ1n) is 6.48. The zero-order chi connectivity index (χ0) is 15.9. The van der Waals surface area contributed by atoms with Crippen LogP contribution in [0.1, 0.15) is 5.56 Å². The lowest BCUT2D eigenvalue weighted by molar-refractivity contribution is -0.119. The lowest BCUT2D eigenvalue weighted by atomic mass is 10.2. The Bertz CT molecular complexity index is 702. The van der Waals surface area contributed by atoms with E-state index >= 15 is 0 Å². The molecule has 0 aliphatic rings. The average molecular weight is 302 g/mol. The molecule has 0 aliphatic heterocycles. The zero-order valence-electron chi connectivity index (χ0n) is 12.0. The summed E-state index contributed by atoms with van der Waals surface area (Å²) < 4.78 is 23.9. The predicted octanol–water partition coefficient (Wildman–Crippen LogP) is 2.45. The van der Waals surface area contributed by atoms with E-state index in [2.05, 4.69) is 4.99 Å². The summed E-state index contributed by atoms with van der Waals surface area (Å²) in [6, 6.07) is 11.2. The molecule has 2 N–H and O–H groups in total. The maximum absolute atomic E-state index is 13.5. The highest BCUT2D eigenvalue weighted by atomic mass is 19.1. The fraction of sp³-hybridized carbons (Fsp3) is 0.125. The van der Waals surface area contributed by atoms with Crippen molar-refractivity contribution in [3.05, 3.63) is 53.8 Å². The van der Waals surface area contributed by atoms with Crippen LogP contribution in [-0.4, -0.2) is 25.8 Å². The highest BCUT2D eigenvalue weighted by molar-refractivity contribution is 5.83. The molecule has 0 saturated carbocycles. The molecule has 5 nitrogen and oxygen atoms in total. The number of methoxy groups -OCH3 is 1. The molecule has 0 fully saturated rings. The van der Waals surface area contributed by atoms with Gasteiger partial charge in [0, 0.05) is 6.21 Å². The van der Waals surface area contributed by atoms with Crippen molar-refractivity contribution in [1.29, 1.82) is 0 Å². The quantitative estimate of drug-likeness (QED) is 0.833. The van der Waals surface area contributed by atoms with E-state index in [1.54, 1.807) is 36.4 Å². The normalized spacial score (nSPS) is 10.6. The van der Waals surface area contributed by atoms with Crippen LogP contribution in [-0.2, 0) is 4.79 Å². The molecule has 0 aliphatic carbocycles. The Kier molecular flexibility index (Phi) is 5.08. The molecule has 6 heteroatoms. The fourth-order valence-electron chi connectivity index (χ4n) is 1.73. The summed E-state index contributed by atoms with van der Waals surface area (Å²) in [4.78, 5) is 14.8. The summed E-state index contributed by atoms with van der Waals surface area (Å²) in [6.07, 6.45) is 1.51. The molecule has 114 valence electrons. The van der Waals surface area contributed by atoms with Crippen molar-refractivity contribution in [2.24, 2.45) is 10.7 Å². The molecular formula is C16H15FN2O3. The molecule has 0 aromatic heterocycles. The maximum atomic E-state index is 13.5. The molecule has 0 unspecified atom stereocenters. The van der Waals surface area contributed by atoms with E-state index in [9.17, 15) is 9.18 Å². The van der Waals surface area contributed by atoms with Crippen molar-refractivity contribution in [1.82, 2.24) is 0 Å². The number of primary amides is 1. The van der Waals surface area contributed by atoms with Crippen molar-refractivity contribution in [2.45, 2.75) is 0 Å². The van der Waals surface area contributed by atoms with Gasteiger partial charge in [-0.2, -0.15) is 0 Å². The largest absolute Gasteiger partial charge is 0.493 e. The van der Waals surface area contributed by atoms with Crippen LogP contribution in [0, 0.1) is 5.82 Å². The van der Waals surface area contributed by atoms with Gasteiger partial charge in [0.15, 0.2) is 18.1 Å². The Morgan fingerprint density at radius 3 is 2.73 bits per heavy atom. The number of para-hydroxylation sites is 1. The van der Waals surface area contributed by atoms with Gasteiger partial charge in [0.2, 0.25) is 0 Å². The van der Waals surface area contributed by atoms with Gasteiger partial charge in [-0.15, -0.1) is 0 Å². The van der Waals surface area contributed by atoms with Crippen LogP contribution < -0.4 is 15.2 Å². The molecule has 2 aromatic rings. The Morgan fingerprint density at radius 2 is 2.05 bits per heavy atom. The van der Waals surface area contributed by atoms with E-state index in [-0.39, 0.29) is 12.3 Å². The van der Waals surface area contributed by atoms with Gasteiger partial charge in [-0.05, 0) is 35.9 Å². The summed E-state index contributed by atoms with van der Waals surface area (Å²) in [5.74, 6) is -0.151. The number of nitrogens with two attached hydrogens (primary N) is 1. The number of ether oxygens (including phenoxy) is 2. The molecule has 22 heavy (non-hydrogen) atoms. The molecule has 0 spiro atoms. The summed E-state index contributed by atoms with van der Waals surface area (Å²) in [6.45, 7) is -0.237. The Labute approximate surface area is 127 Å². The second-order valence-electron chi connectivity index (χ2n) is 4.37. The van der Waals surface area contributed by atoms with Crippen LogP contribution in [0.25, 0.3) is 0 Å². The van der Waals surface area contributed by atoms with Gasteiger partial charge < -0.3 is 15.2 Å². The van der Waals surface area contributed by atoms with E-state index in [4.69, 9.17) is 15.2 Å². The molecule has 2 aromatic carbocycles. The van der Waals surface area contributed by atoms with Gasteiger partial charge in [-0.3, -0.25) is 9.79 Å². The Balaban J connectivity index is 2.19. The second kappa shape index (κ2) is 7.21. The van der Waals surface area contributed by atoms with Gasteiger partial charge in [-0.1, -0.05) is 12.1 Å². The number of amides is 1. The smallest absolute Gasteiger partial charge is 0.255 e. The molecule has 1 amide bonds. The van der Waals surface area contributed by atoms with Crippen LogP contribution in [0.4, 0.5) is 10.1 Å². The summed E-state index contributed by atoms with van der Waals surface area (Å²) >= 11 is 0. The van der Waals surface area contributed by atoms with Crippen LogP contribution in [0.2, 0.25) is 0 Å². The molecular weight excluding hydrogens is 287 g/mol. The lowest BCUT2D eigenvalue weighted by Crippen LogP contribution is -2.20. The van der Waals surface area contributed by atoms with E-state index in [0.717, 1.165) is 0 Å². The van der Waals surface area contributed by atoms with Crippen molar-refractivity contribution >= 4 is 17.8 Å². The molecule has 0 saturated heterocycles. The average Bonchev–Trinajstić information content (AvgIpc) is 2.52. The second-order valence-corrected chi connectivity index (χ2v) is 4.37. The number of benzene rings is 2. The lowest BCUT2D eigenvalue weighted by Gasteiger charge is -2.09. The number of carbonyl (C=O) groups excluding carboxylic acids is 1. The Morgan fingerprint density at radius 1 is 1.27 bits per heavy atom. The number of nitrogens with zero attached hydrogens (tertiary/aromatic N) is 1. The summed E-state index contributed by atoms with van der Waals surface area (Å²) in [5.41, 5.74) is 5.97. The number of carbonyl (C=O) groups is 1. The molecule has 0 atom stereocenters. The van der Waals surface area contributed by atoms with E-state index in [1.165, 1.54) is 19.4 Å². The van der Waals surface area contributed by atoms with Gasteiger partial charge in [0.25, 0.3) is 5.91 Å². The highest BCUT2D eigenvalue weighted by Crippen LogP contribution is 2.27. The van der Waals surface area contributed by atoms with Gasteiger partial charge in [0.1, 0.15) is 5.82 Å². The fourth-order valence-corrected chi connectivity index (χ4v) is 1.73. The topological polar surface area (TPSA) is 73.9 Å². The van der Waals surface area contributed by atoms with Crippen LogP contribution in [0.5, 0.6) is 11.5 Å². The molecule has 0 bridgehead atoms. The third-order valence-corrected chi connectivity index (χ3v) is 2.76. The van der Waals surface area contributed by atoms with Gasteiger partial charge in [0.05, 0.1) is 12.8 Å². The zero-order valence-corrected chi connectivity index (χ0v) is 12.0. The maximum Gasteiger partial charge on any atom is 0.255 e. The molecule has 0 radical (unpaired) electrons. The third-order valence-electron chi connectivity index (χ3n) is 2.76. The van der Waals surface area contributed by atoms with Crippen molar-refractivity contribution in [3.63, 3.8) is 0 Å². The minimum Gasteiger partial charge on any atom is -0.493 e. The standard InChI is InChI=1S/C16H15FN2O3/c1-21-15-8-11(6-7-14(15)22-10-16(18)20)9-19-13-5-3-2-4-12(13)17/h2-9H,10H2,1H3,(H2,18,20). The number of aliphatic imine (C=N–C) groups is 1.